The number of hydrogen-bond acceptors (Lipinski definition) is 6. The van der Waals surface area contributed by atoms with Crippen LogP contribution >= 0.6 is 0 Å². The van der Waals surface area contributed by atoms with Crippen molar-refractivity contribution in [1.82, 2.24) is 21.0 Å². The summed E-state index contributed by atoms with van der Waals surface area (Å²) in [6, 6.07) is 0.283. The van der Waals surface area contributed by atoms with E-state index < -0.39 is 17.8 Å². The number of nitrogens with zero attached hydrogens (tertiary/aromatic N) is 1. The average molecular weight is 324 g/mol. The maximum absolute atomic E-state index is 11.7. The van der Waals surface area contributed by atoms with Gasteiger partial charge in [0.25, 0.3) is 11.8 Å². The van der Waals surface area contributed by atoms with E-state index in [1.807, 2.05) is 0 Å². The quantitative estimate of drug-likeness (QED) is 0.434. The molecule has 9 nitrogen and oxygen atoms in total. The van der Waals surface area contributed by atoms with Crippen LogP contribution < -0.4 is 16.0 Å². The highest BCUT2D eigenvalue weighted by Gasteiger charge is 2.41. The number of carbonyl (C=O) groups is 4. The molecule has 0 aliphatic carbocycles. The summed E-state index contributed by atoms with van der Waals surface area (Å²) in [5, 5.41) is 9.66. The van der Waals surface area contributed by atoms with Crippen molar-refractivity contribution in [2.24, 2.45) is 0 Å². The summed E-state index contributed by atoms with van der Waals surface area (Å²) >= 11 is 0. The van der Waals surface area contributed by atoms with E-state index in [0.717, 1.165) is 19.4 Å². The molecule has 3 atom stereocenters. The zero-order valence-electron chi connectivity index (χ0n) is 12.7. The molecule has 0 saturated carbocycles. The molecule has 3 heterocycles. The molecule has 126 valence electrons. The summed E-state index contributed by atoms with van der Waals surface area (Å²) in [5.41, 5.74) is 0. The molecular formula is C14H20N4O5. The predicted molar refractivity (Wildman–Crippen MR) is 76.7 cm³/mol. The van der Waals surface area contributed by atoms with Crippen LogP contribution in [0, 0.1) is 0 Å². The van der Waals surface area contributed by atoms with Crippen LogP contribution in [0.5, 0.6) is 0 Å². The van der Waals surface area contributed by atoms with E-state index >= 15 is 0 Å². The van der Waals surface area contributed by atoms with Crippen LogP contribution in [0.15, 0.2) is 0 Å². The van der Waals surface area contributed by atoms with Gasteiger partial charge in [-0.05, 0) is 12.8 Å². The van der Waals surface area contributed by atoms with Crippen LogP contribution in [-0.4, -0.2) is 53.5 Å². The molecule has 3 rings (SSSR count). The van der Waals surface area contributed by atoms with Crippen LogP contribution in [0.3, 0.4) is 0 Å². The molecule has 0 aromatic heterocycles. The standard InChI is InChI=1S/C14H20N4O5/c19-10-5-6-11(20)18(10)23-12(21)4-2-1-3-8-13-9(7-15-8)16-14(22)17-13/h8-9,13,15H,1-7H2,(H2,16,17,22). The second-order valence-electron chi connectivity index (χ2n) is 6.06. The number of imide groups is 1. The summed E-state index contributed by atoms with van der Waals surface area (Å²) < 4.78 is 0. The molecule has 23 heavy (non-hydrogen) atoms. The van der Waals surface area contributed by atoms with Gasteiger partial charge in [0, 0.05) is 31.8 Å². The topological polar surface area (TPSA) is 117 Å². The van der Waals surface area contributed by atoms with Crippen molar-refractivity contribution in [2.75, 3.05) is 6.54 Å². The van der Waals surface area contributed by atoms with Crippen LogP contribution in [-0.2, 0) is 19.2 Å². The van der Waals surface area contributed by atoms with Gasteiger partial charge in [0.2, 0.25) is 0 Å². The number of amides is 4. The summed E-state index contributed by atoms with van der Waals surface area (Å²) in [4.78, 5) is 50.4. The maximum Gasteiger partial charge on any atom is 0.333 e. The Morgan fingerprint density at radius 3 is 2.61 bits per heavy atom. The Labute approximate surface area is 133 Å². The first kappa shape index (κ1) is 15.7. The van der Waals surface area contributed by atoms with Gasteiger partial charge < -0.3 is 20.8 Å². The maximum atomic E-state index is 11.7. The van der Waals surface area contributed by atoms with Crippen molar-refractivity contribution in [3.8, 4) is 0 Å². The summed E-state index contributed by atoms with van der Waals surface area (Å²) in [6.45, 7) is 0.745. The fraction of sp³-hybridized carbons (Fsp3) is 0.714. The zero-order chi connectivity index (χ0) is 16.4. The molecule has 4 amide bonds. The van der Waals surface area contributed by atoms with E-state index in [-0.39, 0.29) is 43.4 Å². The van der Waals surface area contributed by atoms with Gasteiger partial charge in [0.1, 0.15) is 0 Å². The first-order valence-corrected chi connectivity index (χ1v) is 7.91. The molecule has 0 radical (unpaired) electrons. The van der Waals surface area contributed by atoms with Crippen molar-refractivity contribution in [3.63, 3.8) is 0 Å². The summed E-state index contributed by atoms with van der Waals surface area (Å²) in [6.07, 6.45) is 2.57. The van der Waals surface area contributed by atoms with Crippen LogP contribution in [0.1, 0.15) is 38.5 Å². The van der Waals surface area contributed by atoms with Gasteiger partial charge in [-0.3, -0.25) is 9.59 Å². The minimum absolute atomic E-state index is 0.0919. The van der Waals surface area contributed by atoms with E-state index in [1.54, 1.807) is 0 Å². The third kappa shape index (κ3) is 3.44. The van der Waals surface area contributed by atoms with Gasteiger partial charge in [-0.2, -0.15) is 0 Å². The molecule has 0 aromatic carbocycles. The minimum atomic E-state index is -0.568. The highest BCUT2D eigenvalue weighted by atomic mass is 16.7. The minimum Gasteiger partial charge on any atom is -0.332 e. The Kier molecular flexibility index (Phi) is 4.46. The average Bonchev–Trinajstić information content (AvgIpc) is 3.14. The molecule has 3 N–H and O–H groups in total. The Morgan fingerprint density at radius 2 is 1.87 bits per heavy atom. The SMILES string of the molecule is O=C1NC2CNC(CCCCC(=O)ON3C(=O)CCC3=O)C2N1. The molecule has 3 aliphatic rings. The Hall–Kier alpha value is -2.16. The lowest BCUT2D eigenvalue weighted by atomic mass is 10.0. The number of hydrogen-bond donors (Lipinski definition) is 3. The number of nitrogens with one attached hydrogen (secondary N) is 3. The van der Waals surface area contributed by atoms with Gasteiger partial charge in [-0.25, -0.2) is 9.59 Å². The molecular weight excluding hydrogens is 304 g/mol. The lowest BCUT2D eigenvalue weighted by Gasteiger charge is -2.17. The highest BCUT2D eigenvalue weighted by Crippen LogP contribution is 2.18. The first-order chi connectivity index (χ1) is 11.0. The smallest absolute Gasteiger partial charge is 0.332 e. The molecule has 9 heteroatoms. The third-order valence-electron chi connectivity index (χ3n) is 4.43. The molecule has 0 spiro atoms. The fourth-order valence-corrected chi connectivity index (χ4v) is 3.24. The van der Waals surface area contributed by atoms with Crippen LogP contribution in [0.25, 0.3) is 0 Å². The highest BCUT2D eigenvalue weighted by molar-refractivity contribution is 6.01. The molecule has 0 bridgehead atoms. The van der Waals surface area contributed by atoms with Crippen molar-refractivity contribution < 1.29 is 24.0 Å². The van der Waals surface area contributed by atoms with Gasteiger partial charge in [-0.1, -0.05) is 6.42 Å². The number of carbonyl (C=O) groups excluding carboxylic acids is 4. The fourth-order valence-electron chi connectivity index (χ4n) is 3.24. The molecule has 3 aliphatic heterocycles. The predicted octanol–water partition coefficient (Wildman–Crippen LogP) is -0.824. The number of fused-ring (bicyclic) bond motifs is 1. The summed E-state index contributed by atoms with van der Waals surface area (Å²) in [7, 11) is 0. The molecule has 0 aromatic rings. The zero-order valence-corrected chi connectivity index (χ0v) is 12.7. The molecule has 3 unspecified atom stereocenters. The van der Waals surface area contributed by atoms with Gasteiger partial charge in [0.15, 0.2) is 0 Å². The lowest BCUT2D eigenvalue weighted by molar-refractivity contribution is -0.197. The van der Waals surface area contributed by atoms with Crippen molar-refractivity contribution in [1.29, 1.82) is 0 Å². The Morgan fingerprint density at radius 1 is 1.13 bits per heavy atom. The van der Waals surface area contributed by atoms with E-state index in [9.17, 15) is 19.2 Å². The lowest BCUT2D eigenvalue weighted by Crippen LogP contribution is -2.40. The van der Waals surface area contributed by atoms with E-state index in [0.29, 0.717) is 11.5 Å². The number of urea groups is 1. The Balaban J connectivity index is 1.34. The second kappa shape index (κ2) is 6.53. The largest absolute Gasteiger partial charge is 0.333 e. The Bertz CT molecular complexity index is 521. The van der Waals surface area contributed by atoms with Gasteiger partial charge >= 0.3 is 12.0 Å². The third-order valence-corrected chi connectivity index (χ3v) is 4.43. The van der Waals surface area contributed by atoms with Crippen LogP contribution in [0.4, 0.5) is 4.79 Å². The van der Waals surface area contributed by atoms with Crippen LogP contribution in [0.2, 0.25) is 0 Å². The van der Waals surface area contributed by atoms with Crippen molar-refractivity contribution >= 4 is 23.8 Å². The summed E-state index contributed by atoms with van der Waals surface area (Å²) in [5.74, 6) is -1.50. The first-order valence-electron chi connectivity index (χ1n) is 7.91. The van der Waals surface area contributed by atoms with E-state index in [4.69, 9.17) is 4.84 Å². The van der Waals surface area contributed by atoms with E-state index in [1.165, 1.54) is 0 Å². The molecule has 3 fully saturated rings. The van der Waals surface area contributed by atoms with Gasteiger partial charge in [-0.15, -0.1) is 5.06 Å². The normalized spacial score (nSPS) is 29.5. The van der Waals surface area contributed by atoms with Gasteiger partial charge in [0.05, 0.1) is 12.1 Å². The monoisotopic (exact) mass is 324 g/mol. The number of rotatable bonds is 6. The van der Waals surface area contributed by atoms with Crippen molar-refractivity contribution in [2.45, 2.75) is 56.7 Å². The molecule has 3 saturated heterocycles. The van der Waals surface area contributed by atoms with Crippen molar-refractivity contribution in [3.05, 3.63) is 0 Å². The van der Waals surface area contributed by atoms with E-state index in [2.05, 4.69) is 16.0 Å². The number of unbranched alkanes of at least 4 members (excludes halogenated alkanes) is 1. The number of hydroxylamine groups is 2. The second-order valence-corrected chi connectivity index (χ2v) is 6.06.